The van der Waals surface area contributed by atoms with Crippen LogP contribution in [0.2, 0.25) is 0 Å². The fourth-order valence-electron chi connectivity index (χ4n) is 2.77. The third kappa shape index (κ3) is 3.80. The second-order valence-corrected chi connectivity index (χ2v) is 7.06. The summed E-state index contributed by atoms with van der Waals surface area (Å²) in [6.07, 6.45) is 0.843. The van der Waals surface area contributed by atoms with Gasteiger partial charge in [0.1, 0.15) is 28.7 Å². The average molecular weight is 387 g/mol. The van der Waals surface area contributed by atoms with Crippen molar-refractivity contribution in [2.45, 2.75) is 26.8 Å². The van der Waals surface area contributed by atoms with Crippen LogP contribution in [0.25, 0.3) is 10.2 Å². The second-order valence-electron chi connectivity index (χ2n) is 5.95. The van der Waals surface area contributed by atoms with E-state index in [0.29, 0.717) is 33.2 Å². The first-order valence-corrected chi connectivity index (χ1v) is 9.30. The Hall–Kier alpha value is -2.87. The van der Waals surface area contributed by atoms with Gasteiger partial charge in [0.2, 0.25) is 5.91 Å². The summed E-state index contributed by atoms with van der Waals surface area (Å²) in [5, 5.41) is 3.32. The molecule has 142 valence electrons. The molecule has 1 amide bonds. The number of carbonyl (C=O) groups is 1. The Bertz CT molecular complexity index is 1060. The molecule has 3 rings (SSSR count). The van der Waals surface area contributed by atoms with Crippen LogP contribution >= 0.6 is 11.3 Å². The number of hydrogen-bond acceptors (Lipinski definition) is 6. The molecule has 2 heterocycles. The Labute approximate surface area is 160 Å². The maximum absolute atomic E-state index is 12.8. The van der Waals surface area contributed by atoms with Crippen molar-refractivity contribution in [2.75, 3.05) is 19.5 Å². The van der Waals surface area contributed by atoms with Gasteiger partial charge in [-0.05, 0) is 31.5 Å². The lowest BCUT2D eigenvalue weighted by molar-refractivity contribution is -0.116. The lowest BCUT2D eigenvalue weighted by Crippen LogP contribution is -2.30. The highest BCUT2D eigenvalue weighted by molar-refractivity contribution is 7.18. The molecule has 1 N–H and O–H groups in total. The molecule has 0 spiro atoms. The SMILES string of the molecule is CCc1cc2c(=O)n(CC(=O)Nc3cc(OC)ccc3OC)c(C)nc2s1. The molecular formula is C19H21N3O4S. The number of methoxy groups -OCH3 is 2. The monoisotopic (exact) mass is 387 g/mol. The lowest BCUT2D eigenvalue weighted by Gasteiger charge is -2.13. The molecule has 1 aromatic carbocycles. The summed E-state index contributed by atoms with van der Waals surface area (Å²) in [4.78, 5) is 31.6. The standard InChI is InChI=1S/C19H21N3O4S/c1-5-13-9-14-18(27-13)20-11(2)22(19(14)24)10-17(23)21-15-8-12(25-3)6-7-16(15)26-4/h6-9H,5,10H2,1-4H3,(H,21,23). The average Bonchev–Trinajstić information content (AvgIpc) is 3.08. The van der Waals surface area contributed by atoms with Crippen molar-refractivity contribution in [2.24, 2.45) is 0 Å². The molecule has 0 saturated heterocycles. The first-order chi connectivity index (χ1) is 13.0. The molecule has 0 aliphatic carbocycles. The number of aryl methyl sites for hydroxylation is 2. The number of anilines is 1. The minimum absolute atomic E-state index is 0.134. The van der Waals surface area contributed by atoms with Crippen molar-refractivity contribution < 1.29 is 14.3 Å². The lowest BCUT2D eigenvalue weighted by atomic mass is 10.2. The van der Waals surface area contributed by atoms with E-state index in [1.54, 1.807) is 32.2 Å². The van der Waals surface area contributed by atoms with Crippen LogP contribution in [0.15, 0.2) is 29.1 Å². The van der Waals surface area contributed by atoms with Gasteiger partial charge in [0, 0.05) is 10.9 Å². The van der Waals surface area contributed by atoms with Gasteiger partial charge in [-0.25, -0.2) is 4.98 Å². The van der Waals surface area contributed by atoms with Gasteiger partial charge in [-0.3, -0.25) is 14.2 Å². The van der Waals surface area contributed by atoms with Gasteiger partial charge in [-0.1, -0.05) is 6.92 Å². The van der Waals surface area contributed by atoms with E-state index in [1.807, 2.05) is 13.0 Å². The zero-order valence-corrected chi connectivity index (χ0v) is 16.5. The van der Waals surface area contributed by atoms with E-state index < -0.39 is 0 Å². The number of amides is 1. The molecule has 0 fully saturated rings. The molecule has 0 aliphatic rings. The number of aromatic nitrogens is 2. The third-order valence-corrected chi connectivity index (χ3v) is 5.40. The predicted molar refractivity (Wildman–Crippen MR) is 106 cm³/mol. The van der Waals surface area contributed by atoms with Crippen molar-refractivity contribution in [1.29, 1.82) is 0 Å². The minimum atomic E-state index is -0.348. The summed E-state index contributed by atoms with van der Waals surface area (Å²) in [6, 6.07) is 6.97. The van der Waals surface area contributed by atoms with Crippen molar-refractivity contribution in [3.8, 4) is 11.5 Å². The van der Waals surface area contributed by atoms with Crippen LogP contribution in [0.5, 0.6) is 11.5 Å². The number of benzene rings is 1. The van der Waals surface area contributed by atoms with Gasteiger partial charge in [-0.15, -0.1) is 11.3 Å². The number of carbonyl (C=O) groups excluding carboxylic acids is 1. The van der Waals surface area contributed by atoms with E-state index in [4.69, 9.17) is 9.47 Å². The Kier molecular flexibility index (Phi) is 5.46. The summed E-state index contributed by atoms with van der Waals surface area (Å²) in [5.41, 5.74) is 0.270. The summed E-state index contributed by atoms with van der Waals surface area (Å²) < 4.78 is 11.8. The molecule has 0 radical (unpaired) electrons. The van der Waals surface area contributed by atoms with Crippen LogP contribution in [0.3, 0.4) is 0 Å². The van der Waals surface area contributed by atoms with E-state index in [9.17, 15) is 9.59 Å². The molecule has 0 unspecified atom stereocenters. The summed E-state index contributed by atoms with van der Waals surface area (Å²) in [6.45, 7) is 3.63. The quantitative estimate of drug-likeness (QED) is 0.703. The fourth-order valence-corrected chi connectivity index (χ4v) is 3.78. The van der Waals surface area contributed by atoms with Crippen molar-refractivity contribution in [3.05, 3.63) is 45.3 Å². The molecule has 0 saturated carbocycles. The normalized spacial score (nSPS) is 10.8. The number of fused-ring (bicyclic) bond motifs is 1. The molecule has 7 nitrogen and oxygen atoms in total. The van der Waals surface area contributed by atoms with E-state index in [0.717, 1.165) is 11.3 Å². The molecular weight excluding hydrogens is 366 g/mol. The summed E-state index contributed by atoms with van der Waals surface area (Å²) in [7, 11) is 3.06. The molecule has 3 aromatic rings. The largest absolute Gasteiger partial charge is 0.497 e. The maximum atomic E-state index is 12.8. The van der Waals surface area contributed by atoms with Crippen LogP contribution in [0.1, 0.15) is 17.6 Å². The Morgan fingerprint density at radius 3 is 2.70 bits per heavy atom. The van der Waals surface area contributed by atoms with Gasteiger partial charge in [-0.2, -0.15) is 0 Å². The van der Waals surface area contributed by atoms with Crippen LogP contribution < -0.4 is 20.3 Å². The summed E-state index contributed by atoms with van der Waals surface area (Å²) in [5.74, 6) is 1.25. The van der Waals surface area contributed by atoms with Crippen LogP contribution in [0, 0.1) is 6.92 Å². The van der Waals surface area contributed by atoms with Crippen molar-refractivity contribution >= 4 is 33.1 Å². The van der Waals surface area contributed by atoms with Gasteiger partial charge in [0.05, 0.1) is 25.3 Å². The molecule has 27 heavy (non-hydrogen) atoms. The van der Waals surface area contributed by atoms with Crippen LogP contribution in [-0.4, -0.2) is 29.7 Å². The maximum Gasteiger partial charge on any atom is 0.262 e. The molecule has 8 heteroatoms. The number of nitrogens with zero attached hydrogens (tertiary/aromatic N) is 2. The van der Waals surface area contributed by atoms with E-state index in [1.165, 1.54) is 23.0 Å². The Balaban J connectivity index is 1.89. The first kappa shape index (κ1) is 18.9. The predicted octanol–water partition coefficient (Wildman–Crippen LogP) is 2.98. The Morgan fingerprint density at radius 1 is 1.26 bits per heavy atom. The first-order valence-electron chi connectivity index (χ1n) is 8.48. The minimum Gasteiger partial charge on any atom is -0.497 e. The van der Waals surface area contributed by atoms with Gasteiger partial charge in [0.25, 0.3) is 5.56 Å². The highest BCUT2D eigenvalue weighted by Gasteiger charge is 2.15. The summed E-state index contributed by atoms with van der Waals surface area (Å²) >= 11 is 1.51. The van der Waals surface area contributed by atoms with Gasteiger partial charge in [0.15, 0.2) is 0 Å². The van der Waals surface area contributed by atoms with Crippen LogP contribution in [-0.2, 0) is 17.8 Å². The molecule has 0 atom stereocenters. The highest BCUT2D eigenvalue weighted by atomic mass is 32.1. The zero-order valence-electron chi connectivity index (χ0n) is 15.7. The van der Waals surface area contributed by atoms with Crippen molar-refractivity contribution in [1.82, 2.24) is 9.55 Å². The van der Waals surface area contributed by atoms with Crippen LogP contribution in [0.4, 0.5) is 5.69 Å². The number of thiophene rings is 1. The number of nitrogens with one attached hydrogen (secondary N) is 1. The highest BCUT2D eigenvalue weighted by Crippen LogP contribution is 2.29. The zero-order chi connectivity index (χ0) is 19.6. The van der Waals surface area contributed by atoms with Gasteiger partial charge >= 0.3 is 0 Å². The topological polar surface area (TPSA) is 82.5 Å². The van der Waals surface area contributed by atoms with E-state index in [-0.39, 0.29) is 18.0 Å². The molecule has 2 aromatic heterocycles. The van der Waals surface area contributed by atoms with E-state index in [2.05, 4.69) is 10.3 Å². The number of hydrogen-bond donors (Lipinski definition) is 1. The van der Waals surface area contributed by atoms with E-state index >= 15 is 0 Å². The smallest absolute Gasteiger partial charge is 0.262 e. The number of ether oxygens (including phenoxy) is 2. The van der Waals surface area contributed by atoms with Gasteiger partial charge < -0.3 is 14.8 Å². The molecule has 0 bridgehead atoms. The Morgan fingerprint density at radius 2 is 2.04 bits per heavy atom. The second kappa shape index (κ2) is 7.79. The fraction of sp³-hybridized carbons (Fsp3) is 0.316. The third-order valence-electron chi connectivity index (χ3n) is 4.22. The number of rotatable bonds is 6. The van der Waals surface area contributed by atoms with Crippen molar-refractivity contribution in [3.63, 3.8) is 0 Å². The molecule has 0 aliphatic heterocycles.